The van der Waals surface area contributed by atoms with Crippen LogP contribution < -0.4 is 10.9 Å². The van der Waals surface area contributed by atoms with Gasteiger partial charge >= 0.3 is 0 Å². The second-order valence-electron chi connectivity index (χ2n) is 6.83. The summed E-state index contributed by atoms with van der Waals surface area (Å²) in [5.74, 6) is 0.625. The van der Waals surface area contributed by atoms with Crippen LogP contribution in [0.3, 0.4) is 0 Å². The molecule has 0 saturated carbocycles. The monoisotopic (exact) mass is 399 g/mol. The third-order valence-electron chi connectivity index (χ3n) is 5.00. The highest BCUT2D eigenvalue weighted by molar-refractivity contribution is 7.18. The number of nitrogens with zero attached hydrogens (tertiary/aromatic N) is 2. The van der Waals surface area contributed by atoms with Crippen LogP contribution in [0.1, 0.15) is 28.8 Å². The minimum Gasteiger partial charge on any atom is -0.355 e. The molecule has 6 heteroatoms. The summed E-state index contributed by atoms with van der Waals surface area (Å²) in [6.45, 7) is 4.95. The molecule has 0 saturated heterocycles. The van der Waals surface area contributed by atoms with Crippen molar-refractivity contribution in [3.63, 3.8) is 0 Å². The molecular weight excluding hydrogens is 378 g/mol. The number of benzene rings is 1. The zero-order valence-electron chi connectivity index (χ0n) is 15.1. The van der Waals surface area contributed by atoms with Crippen molar-refractivity contribution in [2.45, 2.75) is 38.6 Å². The number of halogens is 1. The van der Waals surface area contributed by atoms with E-state index in [1.807, 2.05) is 24.3 Å². The second-order valence-corrected chi connectivity index (χ2v) is 8.35. The van der Waals surface area contributed by atoms with E-state index in [0.29, 0.717) is 19.0 Å². The Morgan fingerprint density at radius 2 is 2.04 bits per heavy atom. The van der Waals surface area contributed by atoms with E-state index in [9.17, 15) is 4.79 Å². The Morgan fingerprint density at radius 1 is 1.26 bits per heavy atom. The molecular formula is C21H22ClN3OS. The topological polar surface area (TPSA) is 46.9 Å². The van der Waals surface area contributed by atoms with E-state index in [1.165, 1.54) is 22.4 Å². The zero-order chi connectivity index (χ0) is 18.8. The summed E-state index contributed by atoms with van der Waals surface area (Å²) in [4.78, 5) is 20.2. The first-order valence-electron chi connectivity index (χ1n) is 9.31. The average Bonchev–Trinajstić information content (AvgIpc) is 3.05. The lowest BCUT2D eigenvalue weighted by Crippen LogP contribution is -2.25. The van der Waals surface area contributed by atoms with Gasteiger partial charge in [-0.25, -0.2) is 4.98 Å². The van der Waals surface area contributed by atoms with E-state index >= 15 is 0 Å². The van der Waals surface area contributed by atoms with Gasteiger partial charge in [0, 0.05) is 23.0 Å². The number of nitrogens with one attached hydrogen (secondary N) is 1. The van der Waals surface area contributed by atoms with E-state index in [1.54, 1.807) is 22.0 Å². The number of hydrogen-bond donors (Lipinski definition) is 1. The molecule has 0 aliphatic heterocycles. The molecule has 0 atom stereocenters. The van der Waals surface area contributed by atoms with E-state index in [4.69, 9.17) is 16.6 Å². The standard InChI is InChI=1S/C21H22ClN3OS/c1-2-13-25-20(26)18-16-5-3-4-6-17(16)27-19(18)24-21(25)23-12-11-14-7-9-15(22)10-8-14/h2,7-10H,1,3-6,11-13H2,(H,23,24). The number of anilines is 1. The van der Waals surface area contributed by atoms with Gasteiger partial charge in [-0.05, 0) is 55.4 Å². The van der Waals surface area contributed by atoms with Crippen molar-refractivity contribution in [3.8, 4) is 0 Å². The van der Waals surface area contributed by atoms with Crippen molar-refractivity contribution in [1.82, 2.24) is 9.55 Å². The van der Waals surface area contributed by atoms with E-state index in [0.717, 1.165) is 40.9 Å². The fourth-order valence-electron chi connectivity index (χ4n) is 3.64. The first-order chi connectivity index (χ1) is 13.2. The smallest absolute Gasteiger partial charge is 0.264 e. The molecule has 0 amide bonds. The highest BCUT2D eigenvalue weighted by atomic mass is 35.5. The van der Waals surface area contributed by atoms with Gasteiger partial charge in [0.15, 0.2) is 0 Å². The number of allylic oxidation sites excluding steroid dienone is 1. The SMILES string of the molecule is C=CCn1c(NCCc2ccc(Cl)cc2)nc2sc3c(c2c1=O)CCCC3. The minimum atomic E-state index is 0.0493. The van der Waals surface area contributed by atoms with Crippen LogP contribution in [0, 0.1) is 0 Å². The molecule has 1 aromatic carbocycles. The lowest BCUT2D eigenvalue weighted by atomic mass is 9.97. The summed E-state index contributed by atoms with van der Waals surface area (Å²) in [6.07, 6.45) is 6.99. The highest BCUT2D eigenvalue weighted by Crippen LogP contribution is 2.34. The van der Waals surface area contributed by atoms with Gasteiger partial charge < -0.3 is 5.32 Å². The minimum absolute atomic E-state index is 0.0493. The van der Waals surface area contributed by atoms with Crippen molar-refractivity contribution in [2.24, 2.45) is 0 Å². The van der Waals surface area contributed by atoms with Crippen molar-refractivity contribution in [2.75, 3.05) is 11.9 Å². The van der Waals surface area contributed by atoms with Gasteiger partial charge in [-0.15, -0.1) is 17.9 Å². The van der Waals surface area contributed by atoms with Crippen LogP contribution in [-0.2, 0) is 25.8 Å². The van der Waals surface area contributed by atoms with Crippen LogP contribution in [0.4, 0.5) is 5.95 Å². The van der Waals surface area contributed by atoms with Crippen LogP contribution in [0.25, 0.3) is 10.2 Å². The number of rotatable bonds is 6. The van der Waals surface area contributed by atoms with E-state index in [2.05, 4.69) is 11.9 Å². The Morgan fingerprint density at radius 3 is 2.81 bits per heavy atom. The van der Waals surface area contributed by atoms with Gasteiger partial charge in [-0.1, -0.05) is 29.8 Å². The van der Waals surface area contributed by atoms with Gasteiger partial charge in [-0.2, -0.15) is 0 Å². The highest BCUT2D eigenvalue weighted by Gasteiger charge is 2.21. The van der Waals surface area contributed by atoms with Crippen molar-refractivity contribution >= 4 is 39.1 Å². The van der Waals surface area contributed by atoms with Crippen molar-refractivity contribution in [1.29, 1.82) is 0 Å². The number of aromatic nitrogens is 2. The Bertz CT molecular complexity index is 1040. The summed E-state index contributed by atoms with van der Waals surface area (Å²) in [5.41, 5.74) is 2.47. The molecule has 0 bridgehead atoms. The Kier molecular flexibility index (Phi) is 5.32. The van der Waals surface area contributed by atoms with Crippen LogP contribution in [0.5, 0.6) is 0 Å². The molecule has 0 radical (unpaired) electrons. The molecule has 1 N–H and O–H groups in total. The largest absolute Gasteiger partial charge is 0.355 e. The van der Waals surface area contributed by atoms with Gasteiger partial charge in [0.25, 0.3) is 5.56 Å². The Labute approximate surface area is 167 Å². The number of fused-ring (bicyclic) bond motifs is 3. The fraction of sp³-hybridized carbons (Fsp3) is 0.333. The normalized spacial score (nSPS) is 13.5. The first kappa shape index (κ1) is 18.3. The number of thiophene rings is 1. The summed E-state index contributed by atoms with van der Waals surface area (Å²) in [5, 5.41) is 4.91. The van der Waals surface area contributed by atoms with Crippen LogP contribution in [0.2, 0.25) is 5.02 Å². The van der Waals surface area contributed by atoms with Gasteiger partial charge in [-0.3, -0.25) is 9.36 Å². The fourth-order valence-corrected chi connectivity index (χ4v) is 5.02. The van der Waals surface area contributed by atoms with Crippen LogP contribution >= 0.6 is 22.9 Å². The predicted molar refractivity (Wildman–Crippen MR) is 114 cm³/mol. The molecule has 140 valence electrons. The summed E-state index contributed by atoms with van der Waals surface area (Å²) in [6, 6.07) is 7.82. The Balaban J connectivity index is 1.64. The molecule has 0 spiro atoms. The van der Waals surface area contributed by atoms with Crippen molar-refractivity contribution < 1.29 is 0 Å². The Hall–Kier alpha value is -2.11. The molecule has 2 heterocycles. The quantitative estimate of drug-likeness (QED) is 0.604. The maximum absolute atomic E-state index is 13.2. The lowest BCUT2D eigenvalue weighted by molar-refractivity contribution is 0.698. The zero-order valence-corrected chi connectivity index (χ0v) is 16.7. The third-order valence-corrected chi connectivity index (χ3v) is 6.43. The van der Waals surface area contributed by atoms with Gasteiger partial charge in [0.1, 0.15) is 4.83 Å². The predicted octanol–water partition coefficient (Wildman–Crippen LogP) is 4.83. The number of hydrogen-bond acceptors (Lipinski definition) is 4. The summed E-state index contributed by atoms with van der Waals surface area (Å²) >= 11 is 7.62. The third kappa shape index (κ3) is 3.66. The molecule has 1 aliphatic carbocycles. The van der Waals surface area contributed by atoms with Crippen LogP contribution in [-0.4, -0.2) is 16.1 Å². The maximum atomic E-state index is 13.2. The first-order valence-corrected chi connectivity index (χ1v) is 10.5. The molecule has 1 aliphatic rings. The van der Waals surface area contributed by atoms with Crippen LogP contribution in [0.15, 0.2) is 41.7 Å². The summed E-state index contributed by atoms with van der Waals surface area (Å²) < 4.78 is 1.71. The van der Waals surface area contributed by atoms with Gasteiger partial charge in [0.2, 0.25) is 5.95 Å². The van der Waals surface area contributed by atoms with E-state index < -0.39 is 0 Å². The molecule has 2 aromatic heterocycles. The molecule has 27 heavy (non-hydrogen) atoms. The van der Waals surface area contributed by atoms with Gasteiger partial charge in [0.05, 0.1) is 5.39 Å². The molecule has 0 fully saturated rings. The average molecular weight is 400 g/mol. The van der Waals surface area contributed by atoms with E-state index in [-0.39, 0.29) is 5.56 Å². The second kappa shape index (κ2) is 7.87. The molecule has 0 unspecified atom stereocenters. The lowest BCUT2D eigenvalue weighted by Gasteiger charge is -2.14. The molecule has 3 aromatic rings. The molecule has 4 nitrogen and oxygen atoms in total. The van der Waals surface area contributed by atoms with Crippen molar-refractivity contribution in [3.05, 3.63) is 68.3 Å². The molecule has 4 rings (SSSR count). The summed E-state index contributed by atoms with van der Waals surface area (Å²) in [7, 11) is 0. The number of aryl methyl sites for hydroxylation is 2. The maximum Gasteiger partial charge on any atom is 0.264 e.